The zero-order chi connectivity index (χ0) is 13.3. The lowest BCUT2D eigenvalue weighted by Crippen LogP contribution is -2.46. The summed E-state index contributed by atoms with van der Waals surface area (Å²) < 4.78 is 18.7. The number of aromatic carboxylic acids is 1. The Balaban J connectivity index is 2.35. The predicted octanol–water partition coefficient (Wildman–Crippen LogP) is 2.14. The molecule has 0 unspecified atom stereocenters. The zero-order valence-corrected chi connectivity index (χ0v) is 10.4. The molecule has 0 aromatic heterocycles. The lowest BCUT2D eigenvalue weighted by molar-refractivity contribution is -0.00532. The number of rotatable bonds is 2. The third-order valence-corrected chi connectivity index (χ3v) is 2.95. The molecule has 0 radical (unpaired) electrons. The quantitative estimate of drug-likeness (QED) is 0.877. The molecule has 0 amide bonds. The summed E-state index contributed by atoms with van der Waals surface area (Å²) in [5, 5.41) is 9.13. The molecular weight excluding hydrogens is 237 g/mol. The van der Waals surface area contributed by atoms with Gasteiger partial charge in [0.15, 0.2) is 0 Å². The Morgan fingerprint density at radius 2 is 2.00 bits per heavy atom. The molecule has 4 nitrogen and oxygen atoms in total. The molecule has 1 N–H and O–H groups in total. The van der Waals surface area contributed by atoms with Crippen molar-refractivity contribution < 1.29 is 19.0 Å². The Morgan fingerprint density at radius 1 is 1.39 bits per heavy atom. The van der Waals surface area contributed by atoms with Crippen LogP contribution in [-0.4, -0.2) is 36.4 Å². The van der Waals surface area contributed by atoms with Crippen molar-refractivity contribution in [2.45, 2.75) is 26.1 Å². The van der Waals surface area contributed by atoms with E-state index in [4.69, 9.17) is 9.84 Å². The van der Waals surface area contributed by atoms with Crippen LogP contribution in [0.5, 0.6) is 0 Å². The van der Waals surface area contributed by atoms with Gasteiger partial charge in [0.1, 0.15) is 5.82 Å². The van der Waals surface area contributed by atoms with E-state index in [1.165, 1.54) is 12.1 Å². The van der Waals surface area contributed by atoms with Crippen molar-refractivity contribution >= 4 is 11.7 Å². The van der Waals surface area contributed by atoms with Gasteiger partial charge < -0.3 is 14.7 Å². The maximum absolute atomic E-state index is 13.1. The number of nitrogens with zero attached hydrogens (tertiary/aromatic N) is 1. The Bertz CT molecular complexity index is 454. The van der Waals surface area contributed by atoms with Crippen LogP contribution in [0.1, 0.15) is 24.2 Å². The summed E-state index contributed by atoms with van der Waals surface area (Å²) in [6, 6.07) is 3.86. The Hall–Kier alpha value is -1.62. The number of hydrogen-bond acceptors (Lipinski definition) is 3. The molecule has 0 spiro atoms. The number of halogens is 1. The van der Waals surface area contributed by atoms with Crippen LogP contribution in [0.4, 0.5) is 10.1 Å². The standard InChI is InChI=1S/C13H16FNO3/c1-8-6-15(7-9(2)18-8)12-4-3-10(14)5-11(12)13(16)17/h3-5,8-9H,6-7H2,1-2H3,(H,16,17)/t8-,9+. The fourth-order valence-corrected chi connectivity index (χ4v) is 2.33. The van der Waals surface area contributed by atoms with Crippen LogP contribution in [0.3, 0.4) is 0 Å². The van der Waals surface area contributed by atoms with E-state index < -0.39 is 11.8 Å². The highest BCUT2D eigenvalue weighted by atomic mass is 19.1. The first-order valence-electron chi connectivity index (χ1n) is 5.90. The van der Waals surface area contributed by atoms with Gasteiger partial charge >= 0.3 is 5.97 Å². The summed E-state index contributed by atoms with van der Waals surface area (Å²) in [6.07, 6.45) is 0.0564. The molecule has 0 saturated carbocycles. The summed E-state index contributed by atoms with van der Waals surface area (Å²) in [6.45, 7) is 5.09. The van der Waals surface area contributed by atoms with Crippen LogP contribution >= 0.6 is 0 Å². The molecule has 1 aliphatic heterocycles. The first-order valence-corrected chi connectivity index (χ1v) is 5.90. The number of anilines is 1. The van der Waals surface area contributed by atoms with Gasteiger partial charge in [0, 0.05) is 13.1 Å². The number of carboxylic acids is 1. The van der Waals surface area contributed by atoms with Crippen molar-refractivity contribution in [3.05, 3.63) is 29.6 Å². The molecule has 0 bridgehead atoms. The maximum Gasteiger partial charge on any atom is 0.337 e. The van der Waals surface area contributed by atoms with Crippen molar-refractivity contribution in [2.75, 3.05) is 18.0 Å². The Morgan fingerprint density at radius 3 is 2.56 bits per heavy atom. The van der Waals surface area contributed by atoms with Crippen LogP contribution in [0.25, 0.3) is 0 Å². The first kappa shape index (κ1) is 12.8. The van der Waals surface area contributed by atoms with Crippen LogP contribution in [0.15, 0.2) is 18.2 Å². The minimum absolute atomic E-state index is 0.00343. The summed E-state index contributed by atoms with van der Waals surface area (Å²) >= 11 is 0. The van der Waals surface area contributed by atoms with E-state index in [-0.39, 0.29) is 17.8 Å². The van der Waals surface area contributed by atoms with Gasteiger partial charge in [-0.2, -0.15) is 0 Å². The van der Waals surface area contributed by atoms with E-state index in [2.05, 4.69) is 0 Å². The molecule has 1 fully saturated rings. The summed E-state index contributed by atoms with van der Waals surface area (Å²) in [7, 11) is 0. The van der Waals surface area contributed by atoms with Crippen LogP contribution in [-0.2, 0) is 4.74 Å². The first-order chi connectivity index (χ1) is 8.47. The zero-order valence-electron chi connectivity index (χ0n) is 10.4. The molecule has 1 saturated heterocycles. The monoisotopic (exact) mass is 253 g/mol. The fraction of sp³-hybridized carbons (Fsp3) is 0.462. The van der Waals surface area contributed by atoms with Gasteiger partial charge in [-0.1, -0.05) is 0 Å². The minimum Gasteiger partial charge on any atom is -0.478 e. The molecule has 1 aromatic rings. The highest BCUT2D eigenvalue weighted by Gasteiger charge is 2.25. The summed E-state index contributed by atoms with van der Waals surface area (Å²) in [5.74, 6) is -1.65. The van der Waals surface area contributed by atoms with E-state index >= 15 is 0 Å². The Labute approximate surface area is 105 Å². The fourth-order valence-electron chi connectivity index (χ4n) is 2.33. The van der Waals surface area contributed by atoms with E-state index in [0.29, 0.717) is 18.8 Å². The topological polar surface area (TPSA) is 49.8 Å². The highest BCUT2D eigenvalue weighted by Crippen LogP contribution is 2.25. The van der Waals surface area contributed by atoms with Gasteiger partial charge in [-0.15, -0.1) is 0 Å². The van der Waals surface area contributed by atoms with Gasteiger partial charge in [0.2, 0.25) is 0 Å². The van der Waals surface area contributed by atoms with Crippen molar-refractivity contribution in [3.63, 3.8) is 0 Å². The summed E-state index contributed by atoms with van der Waals surface area (Å²) in [4.78, 5) is 13.1. The van der Waals surface area contributed by atoms with Crippen molar-refractivity contribution in [2.24, 2.45) is 0 Å². The molecule has 2 rings (SSSR count). The largest absolute Gasteiger partial charge is 0.478 e. The Kier molecular flexibility index (Phi) is 3.52. The second-order valence-corrected chi connectivity index (χ2v) is 4.63. The second kappa shape index (κ2) is 4.94. The van der Waals surface area contributed by atoms with E-state index in [0.717, 1.165) is 6.07 Å². The lowest BCUT2D eigenvalue weighted by Gasteiger charge is -2.37. The molecule has 98 valence electrons. The van der Waals surface area contributed by atoms with Gasteiger partial charge in [0.25, 0.3) is 0 Å². The number of ether oxygens (including phenoxy) is 1. The van der Waals surface area contributed by atoms with Gasteiger partial charge in [-0.05, 0) is 32.0 Å². The predicted molar refractivity (Wildman–Crippen MR) is 65.6 cm³/mol. The van der Waals surface area contributed by atoms with E-state index in [1.807, 2.05) is 18.7 Å². The third kappa shape index (κ3) is 2.61. The molecule has 1 aliphatic rings. The van der Waals surface area contributed by atoms with Gasteiger partial charge in [-0.3, -0.25) is 0 Å². The van der Waals surface area contributed by atoms with Gasteiger partial charge in [-0.25, -0.2) is 9.18 Å². The van der Waals surface area contributed by atoms with E-state index in [9.17, 15) is 9.18 Å². The van der Waals surface area contributed by atoms with Crippen LogP contribution in [0.2, 0.25) is 0 Å². The van der Waals surface area contributed by atoms with Crippen molar-refractivity contribution in [1.82, 2.24) is 0 Å². The second-order valence-electron chi connectivity index (χ2n) is 4.63. The molecular formula is C13H16FNO3. The van der Waals surface area contributed by atoms with Crippen molar-refractivity contribution in [1.29, 1.82) is 0 Å². The highest BCUT2D eigenvalue weighted by molar-refractivity contribution is 5.94. The third-order valence-electron chi connectivity index (χ3n) is 2.95. The molecule has 1 aromatic carbocycles. The van der Waals surface area contributed by atoms with Gasteiger partial charge in [0.05, 0.1) is 23.5 Å². The summed E-state index contributed by atoms with van der Waals surface area (Å²) in [5.41, 5.74) is 0.544. The number of morpholine rings is 1. The van der Waals surface area contributed by atoms with Crippen LogP contribution < -0.4 is 4.90 Å². The molecule has 5 heteroatoms. The maximum atomic E-state index is 13.1. The van der Waals surface area contributed by atoms with Crippen molar-refractivity contribution in [3.8, 4) is 0 Å². The van der Waals surface area contributed by atoms with E-state index in [1.54, 1.807) is 0 Å². The number of hydrogen-bond donors (Lipinski definition) is 1. The molecule has 0 aliphatic carbocycles. The number of carbonyl (C=O) groups is 1. The number of benzene rings is 1. The average molecular weight is 253 g/mol. The average Bonchev–Trinajstić information content (AvgIpc) is 2.27. The number of carboxylic acid groups (broad SMARTS) is 1. The normalized spacial score (nSPS) is 24.1. The molecule has 1 heterocycles. The molecule has 2 atom stereocenters. The SMILES string of the molecule is C[C@@H]1CN(c2ccc(F)cc2C(=O)O)C[C@H](C)O1. The smallest absolute Gasteiger partial charge is 0.337 e. The van der Waals surface area contributed by atoms with Crippen LogP contribution in [0, 0.1) is 5.82 Å². The lowest BCUT2D eigenvalue weighted by atomic mass is 10.1. The molecule has 18 heavy (non-hydrogen) atoms. The minimum atomic E-state index is -1.11.